The summed E-state index contributed by atoms with van der Waals surface area (Å²) in [6, 6.07) is 2.86. The van der Waals surface area contributed by atoms with Crippen LogP contribution in [0.2, 0.25) is 0 Å². The highest BCUT2D eigenvalue weighted by molar-refractivity contribution is 5.66. The van der Waals surface area contributed by atoms with Gasteiger partial charge in [-0.2, -0.15) is 13.2 Å². The fraction of sp³-hybridized carbons (Fsp3) is 0.684. The number of hydrogen-bond acceptors (Lipinski definition) is 4. The van der Waals surface area contributed by atoms with Crippen molar-refractivity contribution in [3.63, 3.8) is 0 Å². The fourth-order valence-corrected chi connectivity index (χ4v) is 4.62. The molecule has 0 saturated carbocycles. The molecule has 0 aromatic carbocycles. The third-order valence-corrected chi connectivity index (χ3v) is 5.66. The lowest BCUT2D eigenvalue weighted by molar-refractivity contribution is -0.206. The Hall–Kier alpha value is -2.03. The van der Waals surface area contributed by atoms with Crippen molar-refractivity contribution in [2.24, 2.45) is 0 Å². The van der Waals surface area contributed by atoms with Crippen molar-refractivity contribution in [1.82, 2.24) is 9.88 Å². The standard InChI is InChI=1S/C19H26F3N3O3/c1-18(2,3)25(17(27)28)14-8-12-5-6-13(9-14)24(12)15-7-4-11(10-23-15)16(26)19(20,21)22/h4,7,10,12-14,16,26H,5-6,8-9H2,1-3H3,(H,27,28)/t12-,13+,14+,16?. The van der Waals surface area contributed by atoms with E-state index in [0.29, 0.717) is 18.7 Å². The lowest BCUT2D eigenvalue weighted by Crippen LogP contribution is -2.57. The number of aliphatic hydroxyl groups is 1. The summed E-state index contributed by atoms with van der Waals surface area (Å²) in [5.41, 5.74) is -0.797. The average molecular weight is 401 g/mol. The predicted molar refractivity (Wildman–Crippen MR) is 97.2 cm³/mol. The second-order valence-electron chi connectivity index (χ2n) is 8.63. The molecule has 3 rings (SSSR count). The van der Waals surface area contributed by atoms with Crippen molar-refractivity contribution in [3.05, 3.63) is 23.9 Å². The number of hydrogen-bond donors (Lipinski definition) is 2. The van der Waals surface area contributed by atoms with Crippen molar-refractivity contribution in [1.29, 1.82) is 0 Å². The van der Waals surface area contributed by atoms with Gasteiger partial charge >= 0.3 is 12.3 Å². The van der Waals surface area contributed by atoms with Gasteiger partial charge in [-0.25, -0.2) is 9.78 Å². The smallest absolute Gasteiger partial charge is 0.418 e. The largest absolute Gasteiger partial charge is 0.465 e. The molecule has 1 aromatic heterocycles. The molecule has 9 heteroatoms. The summed E-state index contributed by atoms with van der Waals surface area (Å²) in [5, 5.41) is 19.0. The van der Waals surface area contributed by atoms with Crippen LogP contribution in [0.1, 0.15) is 58.1 Å². The number of carboxylic acid groups (broad SMARTS) is 1. The number of piperidine rings is 1. The Balaban J connectivity index is 1.77. The summed E-state index contributed by atoms with van der Waals surface area (Å²) in [6.45, 7) is 5.63. The van der Waals surface area contributed by atoms with Crippen molar-refractivity contribution in [3.8, 4) is 0 Å². The molecule has 156 valence electrons. The number of amides is 1. The minimum absolute atomic E-state index is 0.0961. The molecule has 2 saturated heterocycles. The molecular weight excluding hydrogens is 375 g/mol. The summed E-state index contributed by atoms with van der Waals surface area (Å²) in [7, 11) is 0. The van der Waals surface area contributed by atoms with Gasteiger partial charge in [0.05, 0.1) is 0 Å². The molecule has 2 aliphatic heterocycles. The van der Waals surface area contributed by atoms with Crippen LogP contribution in [-0.4, -0.2) is 56.0 Å². The first-order chi connectivity index (χ1) is 12.9. The van der Waals surface area contributed by atoms with Crippen LogP contribution < -0.4 is 4.90 Å². The summed E-state index contributed by atoms with van der Waals surface area (Å²) >= 11 is 0. The Kier molecular flexibility index (Phi) is 5.24. The Morgan fingerprint density at radius 2 is 1.79 bits per heavy atom. The van der Waals surface area contributed by atoms with E-state index in [2.05, 4.69) is 9.88 Å². The molecule has 0 radical (unpaired) electrons. The molecule has 28 heavy (non-hydrogen) atoms. The van der Waals surface area contributed by atoms with E-state index in [9.17, 15) is 28.2 Å². The quantitative estimate of drug-likeness (QED) is 0.802. The van der Waals surface area contributed by atoms with E-state index in [1.54, 1.807) is 0 Å². The number of aliphatic hydroxyl groups excluding tert-OH is 1. The zero-order valence-electron chi connectivity index (χ0n) is 16.1. The SMILES string of the molecule is CC(C)(C)N(C(=O)O)[C@H]1C[C@H]2CC[C@@H](C1)N2c1ccc(C(O)C(F)(F)F)cn1. The van der Waals surface area contributed by atoms with Gasteiger partial charge in [-0.1, -0.05) is 6.07 Å². The number of anilines is 1. The molecule has 2 fully saturated rings. The highest BCUT2D eigenvalue weighted by Gasteiger charge is 2.46. The molecule has 0 spiro atoms. The average Bonchev–Trinajstić information content (AvgIpc) is 2.82. The normalized spacial score (nSPS) is 26.2. The first-order valence-corrected chi connectivity index (χ1v) is 9.41. The van der Waals surface area contributed by atoms with Gasteiger partial charge in [-0.3, -0.25) is 0 Å². The highest BCUT2D eigenvalue weighted by Crippen LogP contribution is 2.42. The van der Waals surface area contributed by atoms with E-state index in [4.69, 9.17) is 0 Å². The monoisotopic (exact) mass is 401 g/mol. The second-order valence-corrected chi connectivity index (χ2v) is 8.63. The van der Waals surface area contributed by atoms with Gasteiger partial charge < -0.3 is 20.0 Å². The Morgan fingerprint density at radius 1 is 1.21 bits per heavy atom. The maximum atomic E-state index is 12.7. The summed E-state index contributed by atoms with van der Waals surface area (Å²) in [6.07, 6.45) is -4.03. The second kappa shape index (κ2) is 7.09. The molecule has 4 atom stereocenters. The number of carbonyl (C=O) groups is 1. The number of nitrogens with zero attached hydrogens (tertiary/aromatic N) is 3. The fourth-order valence-electron chi connectivity index (χ4n) is 4.62. The maximum Gasteiger partial charge on any atom is 0.418 e. The van der Waals surface area contributed by atoms with Gasteiger partial charge in [0.25, 0.3) is 0 Å². The van der Waals surface area contributed by atoms with Crippen LogP contribution in [0.3, 0.4) is 0 Å². The molecule has 6 nitrogen and oxygen atoms in total. The van der Waals surface area contributed by atoms with Gasteiger partial charge in [0.1, 0.15) is 5.82 Å². The molecule has 1 unspecified atom stereocenters. The molecule has 2 N–H and O–H groups in total. The van der Waals surface area contributed by atoms with Crippen LogP contribution in [0, 0.1) is 0 Å². The first-order valence-electron chi connectivity index (χ1n) is 9.41. The molecule has 2 bridgehead atoms. The molecule has 1 amide bonds. The van der Waals surface area contributed by atoms with Crippen LogP contribution in [0.4, 0.5) is 23.8 Å². The van der Waals surface area contributed by atoms with Crippen LogP contribution in [0.25, 0.3) is 0 Å². The van der Waals surface area contributed by atoms with Crippen LogP contribution in [-0.2, 0) is 0 Å². The van der Waals surface area contributed by atoms with Crippen LogP contribution in [0.15, 0.2) is 18.3 Å². The van der Waals surface area contributed by atoms with Gasteiger partial charge in [0, 0.05) is 35.4 Å². The topological polar surface area (TPSA) is 76.9 Å². The van der Waals surface area contributed by atoms with E-state index in [0.717, 1.165) is 19.0 Å². The Labute approximate surface area is 162 Å². The van der Waals surface area contributed by atoms with Gasteiger partial charge in [0.2, 0.25) is 0 Å². The zero-order chi connectivity index (χ0) is 20.9. The summed E-state index contributed by atoms with van der Waals surface area (Å²) in [4.78, 5) is 19.6. The van der Waals surface area contributed by atoms with E-state index in [1.807, 2.05) is 20.8 Å². The minimum atomic E-state index is -4.73. The summed E-state index contributed by atoms with van der Waals surface area (Å²) < 4.78 is 38.0. The zero-order valence-corrected chi connectivity index (χ0v) is 16.1. The lowest BCUT2D eigenvalue weighted by Gasteiger charge is -2.47. The van der Waals surface area contributed by atoms with Crippen LogP contribution >= 0.6 is 0 Å². The van der Waals surface area contributed by atoms with Crippen molar-refractivity contribution >= 4 is 11.9 Å². The van der Waals surface area contributed by atoms with Gasteiger partial charge in [-0.05, 0) is 52.5 Å². The minimum Gasteiger partial charge on any atom is -0.465 e. The lowest BCUT2D eigenvalue weighted by atomic mass is 9.92. The Morgan fingerprint density at radius 3 is 2.18 bits per heavy atom. The number of fused-ring (bicyclic) bond motifs is 2. The van der Waals surface area contributed by atoms with Crippen molar-refractivity contribution in [2.45, 2.75) is 82.4 Å². The van der Waals surface area contributed by atoms with Crippen molar-refractivity contribution in [2.75, 3.05) is 4.90 Å². The molecular formula is C19H26F3N3O3. The molecule has 0 aliphatic carbocycles. The third-order valence-electron chi connectivity index (χ3n) is 5.66. The number of alkyl halides is 3. The number of halogens is 3. The molecule has 1 aromatic rings. The van der Waals surface area contributed by atoms with Crippen LogP contribution in [0.5, 0.6) is 0 Å². The predicted octanol–water partition coefficient (Wildman–Crippen LogP) is 3.96. The third kappa shape index (κ3) is 3.90. The molecule has 3 heterocycles. The number of pyridine rings is 1. The van der Waals surface area contributed by atoms with E-state index < -0.39 is 23.9 Å². The van der Waals surface area contributed by atoms with E-state index in [-0.39, 0.29) is 23.7 Å². The summed E-state index contributed by atoms with van der Waals surface area (Å²) in [5.74, 6) is 0.571. The first kappa shape index (κ1) is 20.7. The Bertz CT molecular complexity index is 704. The van der Waals surface area contributed by atoms with E-state index in [1.165, 1.54) is 17.0 Å². The van der Waals surface area contributed by atoms with Gasteiger partial charge in [-0.15, -0.1) is 0 Å². The highest BCUT2D eigenvalue weighted by atomic mass is 19.4. The van der Waals surface area contributed by atoms with Crippen molar-refractivity contribution < 1.29 is 28.2 Å². The molecule has 2 aliphatic rings. The number of rotatable bonds is 3. The van der Waals surface area contributed by atoms with E-state index >= 15 is 0 Å². The maximum absolute atomic E-state index is 12.7. The van der Waals surface area contributed by atoms with Gasteiger partial charge in [0.15, 0.2) is 6.10 Å². The number of aromatic nitrogens is 1.